The molecule has 0 aliphatic rings. The zero-order valence-electron chi connectivity index (χ0n) is 3.80. The molecule has 0 radical (unpaired) electrons. The van der Waals surface area contributed by atoms with Crippen molar-refractivity contribution in [2.75, 3.05) is 0 Å². The van der Waals surface area contributed by atoms with Gasteiger partial charge in [0, 0.05) is 0 Å². The summed E-state index contributed by atoms with van der Waals surface area (Å²) < 4.78 is 8.93. The van der Waals surface area contributed by atoms with Gasteiger partial charge in [-0.05, 0) is 4.57 Å². The van der Waals surface area contributed by atoms with Gasteiger partial charge in [-0.2, -0.15) is 0 Å². The lowest BCUT2D eigenvalue weighted by molar-refractivity contribution is 0.484. The van der Waals surface area contributed by atoms with E-state index >= 15 is 0 Å². The van der Waals surface area contributed by atoms with Crippen molar-refractivity contribution in [2.24, 2.45) is 11.0 Å². The highest BCUT2D eigenvalue weighted by Gasteiger charge is 1.88. The van der Waals surface area contributed by atoms with Gasteiger partial charge in [-0.25, -0.2) is 0 Å². The summed E-state index contributed by atoms with van der Waals surface area (Å²) in [6.07, 6.45) is 0. The first kappa shape index (κ1) is 11.2. The largest absolute Gasteiger partial charge is 0.607 e. The van der Waals surface area contributed by atoms with Crippen LogP contribution in [0.2, 0.25) is 0 Å². The van der Waals surface area contributed by atoms with E-state index in [0.717, 1.165) is 0 Å². The fourth-order valence-electron chi connectivity index (χ4n) is 0. The summed E-state index contributed by atoms with van der Waals surface area (Å²) in [5.41, 5.74) is 8.46. The minimum atomic E-state index is -2.37. The molecule has 0 rings (SSSR count). The first-order chi connectivity index (χ1) is 3.46. The molecule has 8 heteroatoms. The van der Waals surface area contributed by atoms with Gasteiger partial charge in [0.15, 0.2) is 0 Å². The van der Waals surface area contributed by atoms with Crippen LogP contribution in [0.1, 0.15) is 0 Å². The topological polar surface area (TPSA) is 130 Å². The number of rotatable bonds is 0. The molecular weight excluding hydrogens is 154 g/mol. The number of nitrogens with two attached hydrogens (primary N) is 2. The SMILES string of the molecule is NP(O)O.N[P+](=O)O. The fraction of sp³-hybridized carbons (Fsp3) is 0. The van der Waals surface area contributed by atoms with Crippen LogP contribution in [-0.4, -0.2) is 14.7 Å². The Morgan fingerprint density at radius 3 is 1.50 bits per heavy atom. The maximum atomic E-state index is 8.93. The minimum absolute atomic E-state index is 2.12. The molecule has 0 bridgehead atoms. The van der Waals surface area contributed by atoms with Gasteiger partial charge in [0.1, 0.15) is 0 Å². The van der Waals surface area contributed by atoms with Crippen molar-refractivity contribution >= 4 is 16.7 Å². The normalized spacial score (nSPS) is 10.0. The van der Waals surface area contributed by atoms with Crippen LogP contribution in [-0.2, 0) is 4.57 Å². The Kier molecular flexibility index (Phi) is 10.2. The number of hydrogen-bond donors (Lipinski definition) is 5. The number of hydrogen-bond acceptors (Lipinski definition) is 4. The fourth-order valence-corrected chi connectivity index (χ4v) is 0. The second-order valence-electron chi connectivity index (χ2n) is 0.623. The Bertz CT molecular complexity index is 56.3. The second-order valence-corrected chi connectivity index (χ2v) is 1.87. The molecule has 0 aromatic carbocycles. The van der Waals surface area contributed by atoms with Gasteiger partial charge in [0.2, 0.25) is 8.53 Å². The van der Waals surface area contributed by atoms with E-state index in [2.05, 4.69) is 11.0 Å². The van der Waals surface area contributed by atoms with Gasteiger partial charge in [-0.1, -0.05) is 5.50 Å². The van der Waals surface area contributed by atoms with E-state index in [0.29, 0.717) is 0 Å². The lowest BCUT2D eigenvalue weighted by atomic mass is 13.9. The molecule has 1 atom stereocenters. The van der Waals surface area contributed by atoms with E-state index in [1.54, 1.807) is 0 Å². The smallest absolute Gasteiger partial charge is 0.338 e. The predicted molar refractivity (Wildman–Crippen MR) is 29.6 cm³/mol. The van der Waals surface area contributed by atoms with Crippen molar-refractivity contribution in [3.05, 3.63) is 0 Å². The van der Waals surface area contributed by atoms with Crippen LogP contribution in [0.4, 0.5) is 0 Å². The van der Waals surface area contributed by atoms with Crippen LogP contribution in [0.25, 0.3) is 0 Å². The third-order valence-corrected chi connectivity index (χ3v) is 0. The standard InChI is InChI=1S/H4NO2P.H2NO2P/c2*1-4(2)3/h2-3H,1H2;(H2-,1,2,3)/p+1. The molecule has 6 nitrogen and oxygen atoms in total. The molecule has 8 heavy (non-hydrogen) atoms. The van der Waals surface area contributed by atoms with Gasteiger partial charge in [-0.15, -0.1) is 4.89 Å². The lowest BCUT2D eigenvalue weighted by Crippen LogP contribution is -1.78. The van der Waals surface area contributed by atoms with Gasteiger partial charge in [-0.3, -0.25) is 5.50 Å². The van der Waals surface area contributed by atoms with Crippen LogP contribution in [0, 0.1) is 0 Å². The Morgan fingerprint density at radius 1 is 1.50 bits per heavy atom. The summed E-state index contributed by atoms with van der Waals surface area (Å²) >= 11 is 0. The zero-order chi connectivity index (χ0) is 7.15. The van der Waals surface area contributed by atoms with Crippen molar-refractivity contribution in [3.8, 4) is 0 Å². The predicted octanol–water partition coefficient (Wildman–Crippen LogP) is -1.25. The summed E-state index contributed by atoms with van der Waals surface area (Å²) in [5.74, 6) is 0. The van der Waals surface area contributed by atoms with Gasteiger partial charge >= 0.3 is 8.18 Å². The van der Waals surface area contributed by atoms with E-state index in [4.69, 9.17) is 19.2 Å². The van der Waals surface area contributed by atoms with E-state index in [1.807, 2.05) is 0 Å². The highest BCUT2D eigenvalue weighted by Crippen LogP contribution is 2.05. The first-order valence-electron chi connectivity index (χ1n) is 1.30. The van der Waals surface area contributed by atoms with Crippen molar-refractivity contribution in [1.82, 2.24) is 0 Å². The van der Waals surface area contributed by atoms with Crippen LogP contribution < -0.4 is 11.0 Å². The quantitative estimate of drug-likeness (QED) is 0.282. The lowest BCUT2D eigenvalue weighted by Gasteiger charge is -1.79. The second kappa shape index (κ2) is 7.33. The monoisotopic (exact) mass is 161 g/mol. The van der Waals surface area contributed by atoms with E-state index < -0.39 is 16.7 Å². The molecule has 0 saturated carbocycles. The molecule has 0 aromatic heterocycles. The third-order valence-electron chi connectivity index (χ3n) is 0. The zero-order valence-corrected chi connectivity index (χ0v) is 5.59. The molecule has 0 aromatic rings. The van der Waals surface area contributed by atoms with Crippen LogP contribution in [0.15, 0.2) is 0 Å². The minimum Gasteiger partial charge on any atom is -0.338 e. The highest BCUT2D eigenvalue weighted by atomic mass is 31.2. The van der Waals surface area contributed by atoms with Gasteiger partial charge < -0.3 is 9.79 Å². The Morgan fingerprint density at radius 2 is 1.50 bits per heavy atom. The molecule has 0 saturated heterocycles. The maximum absolute atomic E-state index is 8.93. The van der Waals surface area contributed by atoms with Crippen molar-refractivity contribution < 1.29 is 19.2 Å². The van der Waals surface area contributed by atoms with E-state index in [-0.39, 0.29) is 0 Å². The molecule has 0 amide bonds. The van der Waals surface area contributed by atoms with E-state index in [1.165, 1.54) is 0 Å². The summed E-state index contributed by atoms with van der Waals surface area (Å²) in [4.78, 5) is 22.2. The Hall–Kier alpha value is 0.330. The van der Waals surface area contributed by atoms with Gasteiger partial charge in [0.25, 0.3) is 0 Å². The average Bonchev–Trinajstić information content (AvgIpc) is 1.25. The molecule has 0 heterocycles. The van der Waals surface area contributed by atoms with E-state index in [9.17, 15) is 0 Å². The van der Waals surface area contributed by atoms with Gasteiger partial charge in [0.05, 0.1) is 0 Å². The first-order valence-corrected chi connectivity index (χ1v) is 3.90. The summed E-state index contributed by atoms with van der Waals surface area (Å²) in [7, 11) is -4.49. The van der Waals surface area contributed by atoms with Crippen LogP contribution in [0.5, 0.6) is 0 Å². The molecule has 0 fully saturated rings. The maximum Gasteiger partial charge on any atom is 0.607 e. The van der Waals surface area contributed by atoms with Crippen molar-refractivity contribution in [2.45, 2.75) is 0 Å². The average molecular weight is 161 g/mol. The third kappa shape index (κ3) is 1650. The van der Waals surface area contributed by atoms with Crippen molar-refractivity contribution in [3.63, 3.8) is 0 Å². The molecule has 7 N–H and O–H groups in total. The summed E-state index contributed by atoms with van der Waals surface area (Å²) in [5, 5.41) is 0. The molecule has 0 aliphatic carbocycles. The van der Waals surface area contributed by atoms with Crippen LogP contribution in [0.3, 0.4) is 0 Å². The highest BCUT2D eigenvalue weighted by molar-refractivity contribution is 7.42. The molecule has 1 unspecified atom stereocenters. The molecule has 0 aliphatic heterocycles. The molecule has 50 valence electrons. The van der Waals surface area contributed by atoms with Crippen molar-refractivity contribution in [1.29, 1.82) is 0 Å². The summed E-state index contributed by atoms with van der Waals surface area (Å²) in [6.45, 7) is 0. The molecule has 0 spiro atoms. The molecular formula is H7N2O4P2+. The Labute approximate surface area is 48.0 Å². The summed E-state index contributed by atoms with van der Waals surface area (Å²) in [6, 6.07) is 0. The Balaban J connectivity index is 0. The van der Waals surface area contributed by atoms with Crippen LogP contribution >= 0.6 is 16.7 Å².